The number of carbonyl (C=O) groups excluding carboxylic acids is 2. The number of esters is 1. The fraction of sp³-hybridized carbons (Fsp3) is 0.385. The lowest BCUT2D eigenvalue weighted by molar-refractivity contribution is -0.384. The number of hydrogen-bond acceptors (Lipinski definition) is 5. The maximum atomic E-state index is 11.7. The van der Waals surface area contributed by atoms with Gasteiger partial charge in [0.05, 0.1) is 11.5 Å². The van der Waals surface area contributed by atoms with Gasteiger partial charge in [0.2, 0.25) is 5.91 Å². The average Bonchev–Trinajstić information content (AvgIpc) is 2.38. The van der Waals surface area contributed by atoms with Crippen molar-refractivity contribution in [2.45, 2.75) is 26.3 Å². The van der Waals surface area contributed by atoms with Crippen molar-refractivity contribution in [1.29, 1.82) is 0 Å². The normalized spacial score (nSPS) is 11.5. The zero-order chi connectivity index (χ0) is 15.1. The van der Waals surface area contributed by atoms with Crippen LogP contribution in [0.3, 0.4) is 0 Å². The molecule has 1 atom stereocenters. The van der Waals surface area contributed by atoms with Gasteiger partial charge in [-0.25, -0.2) is 4.79 Å². The van der Waals surface area contributed by atoms with E-state index in [4.69, 9.17) is 4.74 Å². The highest BCUT2D eigenvalue weighted by atomic mass is 16.6. The van der Waals surface area contributed by atoms with Gasteiger partial charge in [-0.3, -0.25) is 14.9 Å². The van der Waals surface area contributed by atoms with Crippen LogP contribution in [0.5, 0.6) is 0 Å². The van der Waals surface area contributed by atoms with Gasteiger partial charge in [0.15, 0.2) is 0 Å². The van der Waals surface area contributed by atoms with E-state index in [1.807, 2.05) is 0 Å². The molecule has 0 aliphatic rings. The lowest BCUT2D eigenvalue weighted by Crippen LogP contribution is -2.42. The molecule has 0 bridgehead atoms. The number of nitro groups is 1. The first-order valence-corrected chi connectivity index (χ1v) is 6.11. The minimum Gasteiger partial charge on any atom is -0.464 e. The van der Waals surface area contributed by atoms with Crippen molar-refractivity contribution < 1.29 is 19.2 Å². The van der Waals surface area contributed by atoms with E-state index in [-0.39, 0.29) is 24.6 Å². The molecule has 7 heteroatoms. The third-order valence-electron chi connectivity index (χ3n) is 2.54. The van der Waals surface area contributed by atoms with Crippen LogP contribution in [0.15, 0.2) is 24.3 Å². The predicted molar refractivity (Wildman–Crippen MR) is 71.0 cm³/mol. The number of nitro benzene ring substituents is 1. The summed E-state index contributed by atoms with van der Waals surface area (Å²) >= 11 is 0. The summed E-state index contributed by atoms with van der Waals surface area (Å²) in [6.07, 6.45) is 0.219. The van der Waals surface area contributed by atoms with Crippen LogP contribution in [0.2, 0.25) is 0 Å². The fourth-order valence-electron chi connectivity index (χ4n) is 1.67. The minimum atomic E-state index is -0.797. The van der Waals surface area contributed by atoms with Crippen molar-refractivity contribution in [2.24, 2.45) is 0 Å². The Morgan fingerprint density at radius 3 is 2.40 bits per heavy atom. The Morgan fingerprint density at radius 2 is 1.95 bits per heavy atom. The Hall–Kier alpha value is -2.44. The maximum Gasteiger partial charge on any atom is 0.328 e. The summed E-state index contributed by atoms with van der Waals surface area (Å²) in [6, 6.07) is 5.00. The van der Waals surface area contributed by atoms with Crippen molar-refractivity contribution in [3.05, 3.63) is 39.9 Å². The van der Waals surface area contributed by atoms with Crippen LogP contribution < -0.4 is 5.32 Å². The SMILES string of the molecule is CCOC(=O)[C@@H](Cc1ccc([N+](=O)[O-])cc1)NC(C)=O. The molecular formula is C13H16N2O5. The predicted octanol–water partition coefficient (Wildman–Crippen LogP) is 1.21. The van der Waals surface area contributed by atoms with E-state index in [2.05, 4.69) is 5.32 Å². The number of rotatable bonds is 6. The third kappa shape index (κ3) is 4.68. The second-order valence-corrected chi connectivity index (χ2v) is 4.13. The van der Waals surface area contributed by atoms with Crippen molar-refractivity contribution in [3.63, 3.8) is 0 Å². The summed E-state index contributed by atoms with van der Waals surface area (Å²) in [5, 5.41) is 13.1. The molecule has 0 heterocycles. The molecule has 1 N–H and O–H groups in total. The molecule has 1 aromatic carbocycles. The Kier molecular flexibility index (Phi) is 5.64. The largest absolute Gasteiger partial charge is 0.464 e. The summed E-state index contributed by atoms with van der Waals surface area (Å²) in [5.41, 5.74) is 0.670. The van der Waals surface area contributed by atoms with Crippen LogP contribution in [0, 0.1) is 10.1 Å². The van der Waals surface area contributed by atoms with Crippen LogP contribution in [-0.2, 0) is 20.7 Å². The second kappa shape index (κ2) is 7.22. The van der Waals surface area contributed by atoms with Crippen LogP contribution in [0.1, 0.15) is 19.4 Å². The molecule has 20 heavy (non-hydrogen) atoms. The molecule has 0 aromatic heterocycles. The second-order valence-electron chi connectivity index (χ2n) is 4.13. The molecule has 0 radical (unpaired) electrons. The van der Waals surface area contributed by atoms with Gasteiger partial charge in [0, 0.05) is 25.5 Å². The molecule has 7 nitrogen and oxygen atoms in total. The van der Waals surface area contributed by atoms with Crippen molar-refractivity contribution in [3.8, 4) is 0 Å². The number of carbonyl (C=O) groups is 2. The molecule has 0 spiro atoms. The van der Waals surface area contributed by atoms with Gasteiger partial charge >= 0.3 is 5.97 Å². The highest BCUT2D eigenvalue weighted by Gasteiger charge is 2.21. The zero-order valence-corrected chi connectivity index (χ0v) is 11.3. The summed E-state index contributed by atoms with van der Waals surface area (Å²) < 4.78 is 4.88. The molecule has 1 rings (SSSR count). The third-order valence-corrected chi connectivity index (χ3v) is 2.54. The van der Waals surface area contributed by atoms with Crippen molar-refractivity contribution >= 4 is 17.6 Å². The van der Waals surface area contributed by atoms with Gasteiger partial charge in [0.1, 0.15) is 6.04 Å². The number of nitrogens with one attached hydrogen (secondary N) is 1. The van der Waals surface area contributed by atoms with Gasteiger partial charge in [-0.2, -0.15) is 0 Å². The molecule has 108 valence electrons. The van der Waals surface area contributed by atoms with Gasteiger partial charge in [-0.05, 0) is 12.5 Å². The topological polar surface area (TPSA) is 98.5 Å². The lowest BCUT2D eigenvalue weighted by atomic mass is 10.1. The number of non-ortho nitro benzene ring substituents is 1. The first-order chi connectivity index (χ1) is 9.43. The molecule has 0 saturated carbocycles. The van der Waals surface area contributed by atoms with Gasteiger partial charge < -0.3 is 10.1 Å². The zero-order valence-electron chi connectivity index (χ0n) is 11.3. The smallest absolute Gasteiger partial charge is 0.328 e. The first-order valence-electron chi connectivity index (χ1n) is 6.11. The van der Waals surface area contributed by atoms with Gasteiger partial charge in [0.25, 0.3) is 5.69 Å². The van der Waals surface area contributed by atoms with E-state index in [1.54, 1.807) is 19.1 Å². The molecule has 0 saturated heterocycles. The monoisotopic (exact) mass is 280 g/mol. The van der Waals surface area contributed by atoms with E-state index in [9.17, 15) is 19.7 Å². The molecule has 1 aromatic rings. The van der Waals surface area contributed by atoms with Crippen LogP contribution in [-0.4, -0.2) is 29.4 Å². The number of ether oxygens (including phenoxy) is 1. The van der Waals surface area contributed by atoms with E-state index >= 15 is 0 Å². The standard InChI is InChI=1S/C13H16N2O5/c1-3-20-13(17)12(14-9(2)16)8-10-4-6-11(7-5-10)15(18)19/h4-7,12H,3,8H2,1-2H3,(H,14,16)/t12-/m1/s1. The van der Waals surface area contributed by atoms with Crippen LogP contribution >= 0.6 is 0 Å². The first kappa shape index (κ1) is 15.6. The summed E-state index contributed by atoms with van der Waals surface area (Å²) in [5.74, 6) is -0.869. The minimum absolute atomic E-state index is 0.0269. The maximum absolute atomic E-state index is 11.7. The Labute approximate surface area is 116 Å². The Bertz CT molecular complexity index is 498. The Balaban J connectivity index is 2.80. The van der Waals surface area contributed by atoms with Crippen LogP contribution in [0.25, 0.3) is 0 Å². The number of nitrogens with zero attached hydrogens (tertiary/aromatic N) is 1. The molecule has 0 aliphatic heterocycles. The Morgan fingerprint density at radius 1 is 1.35 bits per heavy atom. The van der Waals surface area contributed by atoms with Gasteiger partial charge in [-0.15, -0.1) is 0 Å². The summed E-state index contributed by atoms with van der Waals surface area (Å²) in [7, 11) is 0. The van der Waals surface area contributed by atoms with Crippen LogP contribution in [0.4, 0.5) is 5.69 Å². The molecule has 0 fully saturated rings. The van der Waals surface area contributed by atoms with E-state index < -0.39 is 16.9 Å². The van der Waals surface area contributed by atoms with Gasteiger partial charge in [-0.1, -0.05) is 12.1 Å². The van der Waals surface area contributed by atoms with Crippen molar-refractivity contribution in [2.75, 3.05) is 6.61 Å². The lowest BCUT2D eigenvalue weighted by Gasteiger charge is -2.16. The van der Waals surface area contributed by atoms with E-state index in [1.165, 1.54) is 19.1 Å². The number of amides is 1. The summed E-state index contributed by atoms with van der Waals surface area (Å²) in [4.78, 5) is 32.8. The molecule has 1 amide bonds. The highest BCUT2D eigenvalue weighted by Crippen LogP contribution is 2.13. The molecule has 0 unspecified atom stereocenters. The highest BCUT2D eigenvalue weighted by molar-refractivity contribution is 5.83. The number of benzene rings is 1. The van der Waals surface area contributed by atoms with E-state index in [0.717, 1.165) is 0 Å². The quantitative estimate of drug-likeness (QED) is 0.479. The average molecular weight is 280 g/mol. The van der Waals surface area contributed by atoms with E-state index in [0.29, 0.717) is 5.56 Å². The molecular weight excluding hydrogens is 264 g/mol. The summed E-state index contributed by atoms with van der Waals surface area (Å²) in [6.45, 7) is 3.20. The fourth-order valence-corrected chi connectivity index (χ4v) is 1.67. The van der Waals surface area contributed by atoms with Crippen molar-refractivity contribution in [1.82, 2.24) is 5.32 Å². The number of hydrogen-bond donors (Lipinski definition) is 1. The molecule has 0 aliphatic carbocycles.